The summed E-state index contributed by atoms with van der Waals surface area (Å²) < 4.78 is 5.46. The Morgan fingerprint density at radius 2 is 2.10 bits per heavy atom. The first-order valence-electron chi connectivity index (χ1n) is 7.87. The van der Waals surface area contributed by atoms with Crippen molar-refractivity contribution < 1.29 is 14.6 Å². The molecule has 1 fully saturated rings. The number of aliphatic hydroxyl groups is 1. The summed E-state index contributed by atoms with van der Waals surface area (Å²) >= 11 is 0. The van der Waals surface area contributed by atoms with Crippen LogP contribution in [0.1, 0.15) is 48.0 Å². The molecule has 0 aromatic heterocycles. The van der Waals surface area contributed by atoms with Crippen LogP contribution in [0, 0.1) is 5.41 Å². The number of carbonyl (C=O) groups excluding carboxylic acids is 1. The fourth-order valence-electron chi connectivity index (χ4n) is 3.39. The average molecular weight is 289 g/mol. The molecule has 0 bridgehead atoms. The zero-order chi connectivity index (χ0) is 14.7. The predicted octanol–water partition coefficient (Wildman–Crippen LogP) is 2.29. The fourth-order valence-corrected chi connectivity index (χ4v) is 3.39. The van der Waals surface area contributed by atoms with E-state index in [4.69, 9.17) is 4.74 Å². The summed E-state index contributed by atoms with van der Waals surface area (Å²) in [5.74, 6) is 0.841. The molecule has 1 heterocycles. The van der Waals surface area contributed by atoms with Crippen LogP contribution >= 0.6 is 0 Å². The van der Waals surface area contributed by atoms with Gasteiger partial charge in [0.05, 0.1) is 13.2 Å². The predicted molar refractivity (Wildman–Crippen MR) is 80.6 cm³/mol. The van der Waals surface area contributed by atoms with Gasteiger partial charge in [0.1, 0.15) is 5.75 Å². The van der Waals surface area contributed by atoms with Crippen molar-refractivity contribution in [1.29, 1.82) is 0 Å². The van der Waals surface area contributed by atoms with Gasteiger partial charge < -0.3 is 15.2 Å². The Balaban J connectivity index is 1.63. The lowest BCUT2D eigenvalue weighted by Crippen LogP contribution is -2.41. The smallest absolute Gasteiger partial charge is 0.251 e. The number of nitrogens with one attached hydrogen (secondary N) is 1. The molecule has 1 aromatic rings. The summed E-state index contributed by atoms with van der Waals surface area (Å²) in [7, 11) is 0. The molecular weight excluding hydrogens is 266 g/mol. The van der Waals surface area contributed by atoms with Crippen molar-refractivity contribution in [3.05, 3.63) is 29.3 Å². The standard InChI is InChI=1S/C17H23NO3/c19-12-17(7-2-1-3-8-17)11-18-16(20)14-4-5-15-13(10-14)6-9-21-15/h4-5,10,19H,1-3,6-9,11-12H2,(H,18,20). The molecule has 1 amide bonds. The zero-order valence-electron chi connectivity index (χ0n) is 12.4. The number of aliphatic hydroxyl groups excluding tert-OH is 1. The van der Waals surface area contributed by atoms with Crippen molar-refractivity contribution in [3.8, 4) is 5.75 Å². The number of carbonyl (C=O) groups is 1. The minimum absolute atomic E-state index is 0.0527. The topological polar surface area (TPSA) is 58.6 Å². The molecule has 0 saturated heterocycles. The number of ether oxygens (including phenoxy) is 1. The van der Waals surface area contributed by atoms with E-state index in [0.717, 1.165) is 43.4 Å². The third-order valence-electron chi connectivity index (χ3n) is 4.83. The van der Waals surface area contributed by atoms with E-state index in [0.29, 0.717) is 18.7 Å². The molecule has 2 N–H and O–H groups in total. The third-order valence-corrected chi connectivity index (χ3v) is 4.83. The highest BCUT2D eigenvalue weighted by atomic mass is 16.5. The van der Waals surface area contributed by atoms with Gasteiger partial charge in [-0.3, -0.25) is 4.79 Å². The van der Waals surface area contributed by atoms with Crippen LogP contribution in [0.15, 0.2) is 18.2 Å². The summed E-state index contributed by atoms with van der Waals surface area (Å²) in [5.41, 5.74) is 1.67. The van der Waals surface area contributed by atoms with Crippen LogP contribution in [0.5, 0.6) is 5.75 Å². The van der Waals surface area contributed by atoms with Gasteiger partial charge in [0, 0.05) is 23.9 Å². The van der Waals surface area contributed by atoms with Gasteiger partial charge in [-0.2, -0.15) is 0 Å². The summed E-state index contributed by atoms with van der Waals surface area (Å²) in [5, 5.41) is 12.7. The molecule has 4 nitrogen and oxygen atoms in total. The van der Waals surface area contributed by atoms with Gasteiger partial charge in [-0.05, 0) is 36.6 Å². The molecule has 1 aromatic carbocycles. The molecule has 1 saturated carbocycles. The Bertz CT molecular complexity index is 521. The van der Waals surface area contributed by atoms with Crippen LogP contribution in [-0.2, 0) is 6.42 Å². The van der Waals surface area contributed by atoms with E-state index in [1.54, 1.807) is 0 Å². The second kappa shape index (κ2) is 6.06. The quantitative estimate of drug-likeness (QED) is 0.894. The first kappa shape index (κ1) is 14.4. The Kier molecular flexibility index (Phi) is 4.15. The number of rotatable bonds is 4. The molecule has 2 aliphatic rings. The van der Waals surface area contributed by atoms with Gasteiger partial charge in [-0.25, -0.2) is 0 Å². The van der Waals surface area contributed by atoms with Gasteiger partial charge in [0.2, 0.25) is 0 Å². The van der Waals surface area contributed by atoms with E-state index in [-0.39, 0.29) is 17.9 Å². The fraction of sp³-hybridized carbons (Fsp3) is 0.588. The minimum Gasteiger partial charge on any atom is -0.493 e. The Hall–Kier alpha value is -1.55. The minimum atomic E-state index is -0.117. The Labute approximate surface area is 125 Å². The van der Waals surface area contributed by atoms with Crippen molar-refractivity contribution in [2.24, 2.45) is 5.41 Å². The highest BCUT2D eigenvalue weighted by Gasteiger charge is 2.31. The van der Waals surface area contributed by atoms with E-state index in [9.17, 15) is 9.90 Å². The normalized spacial score (nSPS) is 19.7. The maximum Gasteiger partial charge on any atom is 0.251 e. The lowest BCUT2D eigenvalue weighted by atomic mass is 9.74. The molecule has 0 unspecified atom stereocenters. The largest absolute Gasteiger partial charge is 0.493 e. The van der Waals surface area contributed by atoms with Crippen LogP contribution in [0.25, 0.3) is 0 Å². The third kappa shape index (κ3) is 3.05. The molecule has 1 aliphatic carbocycles. The number of hydrogen-bond acceptors (Lipinski definition) is 3. The molecule has 3 rings (SSSR count). The van der Waals surface area contributed by atoms with Gasteiger partial charge in [-0.1, -0.05) is 19.3 Å². The second-order valence-electron chi connectivity index (χ2n) is 6.32. The van der Waals surface area contributed by atoms with Crippen LogP contribution in [0.2, 0.25) is 0 Å². The Morgan fingerprint density at radius 3 is 2.86 bits per heavy atom. The molecule has 0 radical (unpaired) electrons. The summed E-state index contributed by atoms with van der Waals surface area (Å²) in [4.78, 5) is 12.3. The first-order valence-corrected chi connectivity index (χ1v) is 7.87. The number of hydrogen-bond donors (Lipinski definition) is 2. The molecule has 0 spiro atoms. The molecule has 4 heteroatoms. The highest BCUT2D eigenvalue weighted by molar-refractivity contribution is 5.94. The van der Waals surface area contributed by atoms with Crippen LogP contribution in [0.3, 0.4) is 0 Å². The summed E-state index contributed by atoms with van der Waals surface area (Å²) in [6.45, 7) is 1.43. The molecule has 1 aliphatic heterocycles. The zero-order valence-corrected chi connectivity index (χ0v) is 12.4. The van der Waals surface area contributed by atoms with Crippen molar-refractivity contribution in [2.45, 2.75) is 38.5 Å². The van der Waals surface area contributed by atoms with Gasteiger partial charge >= 0.3 is 0 Å². The average Bonchev–Trinajstić information content (AvgIpc) is 3.01. The van der Waals surface area contributed by atoms with Gasteiger partial charge in [-0.15, -0.1) is 0 Å². The van der Waals surface area contributed by atoms with Crippen molar-refractivity contribution >= 4 is 5.91 Å². The SMILES string of the molecule is O=C(NCC1(CO)CCCCC1)c1ccc2c(c1)CCO2. The van der Waals surface area contributed by atoms with Crippen molar-refractivity contribution in [3.63, 3.8) is 0 Å². The van der Waals surface area contributed by atoms with Crippen LogP contribution in [0.4, 0.5) is 0 Å². The number of amides is 1. The lowest BCUT2D eigenvalue weighted by Gasteiger charge is -2.35. The van der Waals surface area contributed by atoms with E-state index < -0.39 is 0 Å². The van der Waals surface area contributed by atoms with Crippen molar-refractivity contribution in [2.75, 3.05) is 19.8 Å². The lowest BCUT2D eigenvalue weighted by molar-refractivity contribution is 0.0718. The van der Waals surface area contributed by atoms with Gasteiger partial charge in [0.25, 0.3) is 5.91 Å². The second-order valence-corrected chi connectivity index (χ2v) is 6.32. The molecular formula is C17H23NO3. The number of fused-ring (bicyclic) bond motifs is 1. The van der Waals surface area contributed by atoms with Crippen molar-refractivity contribution in [1.82, 2.24) is 5.32 Å². The molecule has 0 atom stereocenters. The van der Waals surface area contributed by atoms with Crippen LogP contribution < -0.4 is 10.1 Å². The maximum absolute atomic E-state index is 12.3. The van der Waals surface area contributed by atoms with E-state index in [1.165, 1.54) is 6.42 Å². The molecule has 114 valence electrons. The highest BCUT2D eigenvalue weighted by Crippen LogP contribution is 2.35. The van der Waals surface area contributed by atoms with Crippen LogP contribution in [-0.4, -0.2) is 30.8 Å². The monoisotopic (exact) mass is 289 g/mol. The first-order chi connectivity index (χ1) is 10.2. The summed E-state index contributed by atoms with van der Waals surface area (Å²) in [6.07, 6.45) is 6.40. The number of benzene rings is 1. The van der Waals surface area contributed by atoms with E-state index in [2.05, 4.69) is 5.32 Å². The van der Waals surface area contributed by atoms with E-state index >= 15 is 0 Å². The van der Waals surface area contributed by atoms with E-state index in [1.807, 2.05) is 18.2 Å². The summed E-state index contributed by atoms with van der Waals surface area (Å²) in [6, 6.07) is 5.61. The molecule has 21 heavy (non-hydrogen) atoms. The maximum atomic E-state index is 12.3. The Morgan fingerprint density at radius 1 is 1.29 bits per heavy atom. The van der Waals surface area contributed by atoms with Gasteiger partial charge in [0.15, 0.2) is 0 Å².